The summed E-state index contributed by atoms with van der Waals surface area (Å²) >= 11 is 0. The molecular weight excluding hydrogens is 198 g/mol. The van der Waals surface area contributed by atoms with Crippen LogP contribution in [0.25, 0.3) is 10.9 Å². The predicted molar refractivity (Wildman–Crippen MR) is 68.6 cm³/mol. The third-order valence-corrected chi connectivity index (χ3v) is 2.77. The molecule has 0 bridgehead atoms. The van der Waals surface area contributed by atoms with Gasteiger partial charge >= 0.3 is 0 Å². The van der Waals surface area contributed by atoms with Gasteiger partial charge in [-0.3, -0.25) is 4.90 Å². The Kier molecular flexibility index (Phi) is 3.59. The van der Waals surface area contributed by atoms with Crippen LogP contribution < -0.4 is 5.32 Å². The molecular formula is C13H19N3. The zero-order chi connectivity index (χ0) is 11.4. The molecule has 0 saturated heterocycles. The lowest BCUT2D eigenvalue weighted by Crippen LogP contribution is -2.27. The van der Waals surface area contributed by atoms with Crippen molar-refractivity contribution in [2.24, 2.45) is 0 Å². The fourth-order valence-electron chi connectivity index (χ4n) is 1.89. The highest BCUT2D eigenvalue weighted by atomic mass is 15.1. The summed E-state index contributed by atoms with van der Waals surface area (Å²) in [6.45, 7) is 3.05. The molecule has 3 heteroatoms. The third-order valence-electron chi connectivity index (χ3n) is 2.77. The lowest BCUT2D eigenvalue weighted by atomic mass is 10.2. The number of para-hydroxylation sites is 1. The molecule has 0 radical (unpaired) electrons. The Balaban J connectivity index is 2.03. The normalized spacial score (nSPS) is 11.4. The van der Waals surface area contributed by atoms with Gasteiger partial charge in [0.05, 0.1) is 0 Å². The van der Waals surface area contributed by atoms with E-state index in [0.717, 1.165) is 19.6 Å². The van der Waals surface area contributed by atoms with Gasteiger partial charge < -0.3 is 10.3 Å². The highest BCUT2D eigenvalue weighted by Gasteiger charge is 2.03. The standard InChI is InChI=1S/C13H19N3/c1-14-7-8-16(2)10-12-9-11-5-3-4-6-13(11)15-12/h3-6,9,14-15H,7-8,10H2,1-2H3. The SMILES string of the molecule is CNCCN(C)Cc1cc2ccccc2[nH]1. The maximum Gasteiger partial charge on any atom is 0.0456 e. The van der Waals surface area contributed by atoms with Crippen LogP contribution >= 0.6 is 0 Å². The van der Waals surface area contributed by atoms with Crippen LogP contribution in [0.5, 0.6) is 0 Å². The van der Waals surface area contributed by atoms with Gasteiger partial charge in [-0.1, -0.05) is 18.2 Å². The maximum atomic E-state index is 3.44. The minimum Gasteiger partial charge on any atom is -0.357 e. The minimum atomic E-state index is 0.969. The summed E-state index contributed by atoms with van der Waals surface area (Å²) < 4.78 is 0. The van der Waals surface area contributed by atoms with Crippen molar-refractivity contribution in [1.29, 1.82) is 0 Å². The van der Waals surface area contributed by atoms with Crippen molar-refractivity contribution >= 4 is 10.9 Å². The number of H-pyrrole nitrogens is 1. The van der Waals surface area contributed by atoms with E-state index in [1.54, 1.807) is 0 Å². The van der Waals surface area contributed by atoms with Gasteiger partial charge in [0.2, 0.25) is 0 Å². The van der Waals surface area contributed by atoms with E-state index >= 15 is 0 Å². The number of rotatable bonds is 5. The zero-order valence-corrected chi connectivity index (χ0v) is 9.96. The number of aromatic nitrogens is 1. The number of hydrogen-bond acceptors (Lipinski definition) is 2. The highest BCUT2D eigenvalue weighted by Crippen LogP contribution is 2.15. The molecule has 2 N–H and O–H groups in total. The topological polar surface area (TPSA) is 31.1 Å². The Hall–Kier alpha value is -1.32. The summed E-state index contributed by atoms with van der Waals surface area (Å²) in [6, 6.07) is 10.6. The summed E-state index contributed by atoms with van der Waals surface area (Å²) in [5, 5.41) is 4.45. The second kappa shape index (κ2) is 5.14. The van der Waals surface area contributed by atoms with Crippen molar-refractivity contribution < 1.29 is 0 Å². The van der Waals surface area contributed by atoms with E-state index in [9.17, 15) is 0 Å². The Morgan fingerprint density at radius 3 is 2.88 bits per heavy atom. The van der Waals surface area contributed by atoms with Crippen molar-refractivity contribution in [1.82, 2.24) is 15.2 Å². The molecule has 0 saturated carbocycles. The molecule has 86 valence electrons. The van der Waals surface area contributed by atoms with Crippen LogP contribution in [-0.2, 0) is 6.54 Å². The zero-order valence-electron chi connectivity index (χ0n) is 9.96. The number of fused-ring (bicyclic) bond motifs is 1. The van der Waals surface area contributed by atoms with Gasteiger partial charge in [0.1, 0.15) is 0 Å². The number of nitrogens with zero attached hydrogens (tertiary/aromatic N) is 1. The van der Waals surface area contributed by atoms with Gasteiger partial charge in [-0.2, -0.15) is 0 Å². The molecule has 1 aromatic heterocycles. The highest BCUT2D eigenvalue weighted by molar-refractivity contribution is 5.80. The number of hydrogen-bond donors (Lipinski definition) is 2. The first kappa shape index (κ1) is 11.2. The lowest BCUT2D eigenvalue weighted by molar-refractivity contribution is 0.325. The van der Waals surface area contributed by atoms with Gasteiger partial charge in [-0.25, -0.2) is 0 Å². The summed E-state index contributed by atoms with van der Waals surface area (Å²) in [4.78, 5) is 5.75. The summed E-state index contributed by atoms with van der Waals surface area (Å²) in [6.07, 6.45) is 0. The molecule has 0 aliphatic rings. The largest absolute Gasteiger partial charge is 0.357 e. The molecule has 0 spiro atoms. The first-order chi connectivity index (χ1) is 7.79. The van der Waals surface area contributed by atoms with Crippen molar-refractivity contribution in [3.05, 3.63) is 36.0 Å². The summed E-state index contributed by atoms with van der Waals surface area (Å²) in [5.74, 6) is 0. The van der Waals surface area contributed by atoms with E-state index in [1.165, 1.54) is 16.6 Å². The van der Waals surface area contributed by atoms with Gasteiger partial charge in [0.15, 0.2) is 0 Å². The maximum absolute atomic E-state index is 3.44. The van der Waals surface area contributed by atoms with Crippen LogP contribution in [0.15, 0.2) is 30.3 Å². The molecule has 0 aliphatic heterocycles. The van der Waals surface area contributed by atoms with Crippen LogP contribution in [0.2, 0.25) is 0 Å². The lowest BCUT2D eigenvalue weighted by Gasteiger charge is -2.14. The summed E-state index contributed by atoms with van der Waals surface area (Å²) in [5.41, 5.74) is 2.50. The van der Waals surface area contributed by atoms with Crippen LogP contribution in [0, 0.1) is 0 Å². The van der Waals surface area contributed by atoms with E-state index in [4.69, 9.17) is 0 Å². The van der Waals surface area contributed by atoms with Crippen LogP contribution in [0.3, 0.4) is 0 Å². The van der Waals surface area contributed by atoms with E-state index in [-0.39, 0.29) is 0 Å². The molecule has 0 amide bonds. The van der Waals surface area contributed by atoms with Crippen molar-refractivity contribution in [2.75, 3.05) is 27.2 Å². The van der Waals surface area contributed by atoms with E-state index in [0.29, 0.717) is 0 Å². The Morgan fingerprint density at radius 2 is 2.12 bits per heavy atom. The second-order valence-corrected chi connectivity index (χ2v) is 4.22. The molecule has 0 fully saturated rings. The second-order valence-electron chi connectivity index (χ2n) is 4.22. The van der Waals surface area contributed by atoms with Crippen molar-refractivity contribution in [3.63, 3.8) is 0 Å². The first-order valence-electron chi connectivity index (χ1n) is 5.69. The molecule has 16 heavy (non-hydrogen) atoms. The average molecular weight is 217 g/mol. The quantitative estimate of drug-likeness (QED) is 0.800. The summed E-state index contributed by atoms with van der Waals surface area (Å²) in [7, 11) is 4.12. The Morgan fingerprint density at radius 1 is 1.31 bits per heavy atom. The van der Waals surface area contributed by atoms with Crippen LogP contribution in [0.1, 0.15) is 5.69 Å². The van der Waals surface area contributed by atoms with Crippen LogP contribution in [0.4, 0.5) is 0 Å². The molecule has 0 unspecified atom stereocenters. The first-order valence-corrected chi connectivity index (χ1v) is 5.69. The number of aromatic amines is 1. The smallest absolute Gasteiger partial charge is 0.0456 e. The number of likely N-dealkylation sites (N-methyl/N-ethyl adjacent to an activating group) is 2. The predicted octanol–water partition coefficient (Wildman–Crippen LogP) is 1.82. The van der Waals surface area contributed by atoms with Crippen molar-refractivity contribution in [2.45, 2.75) is 6.54 Å². The van der Waals surface area contributed by atoms with E-state index in [2.05, 4.69) is 52.6 Å². The van der Waals surface area contributed by atoms with Crippen LogP contribution in [-0.4, -0.2) is 37.1 Å². The molecule has 2 rings (SSSR count). The molecule has 0 atom stereocenters. The third kappa shape index (κ3) is 2.62. The molecule has 1 aromatic carbocycles. The number of benzene rings is 1. The monoisotopic (exact) mass is 217 g/mol. The Labute approximate surface area is 96.5 Å². The Bertz CT molecular complexity index is 414. The van der Waals surface area contributed by atoms with Crippen molar-refractivity contribution in [3.8, 4) is 0 Å². The average Bonchev–Trinajstić information content (AvgIpc) is 2.68. The molecule has 1 heterocycles. The number of nitrogens with one attached hydrogen (secondary N) is 2. The molecule has 2 aromatic rings. The van der Waals surface area contributed by atoms with E-state index in [1.807, 2.05) is 7.05 Å². The van der Waals surface area contributed by atoms with Gasteiger partial charge in [-0.05, 0) is 31.6 Å². The molecule has 0 aliphatic carbocycles. The fourth-order valence-corrected chi connectivity index (χ4v) is 1.89. The van der Waals surface area contributed by atoms with E-state index < -0.39 is 0 Å². The van der Waals surface area contributed by atoms with Gasteiger partial charge in [0, 0.05) is 30.8 Å². The fraction of sp³-hybridized carbons (Fsp3) is 0.385. The van der Waals surface area contributed by atoms with Gasteiger partial charge in [0.25, 0.3) is 0 Å². The minimum absolute atomic E-state index is 0.969. The molecule has 3 nitrogen and oxygen atoms in total. The van der Waals surface area contributed by atoms with Gasteiger partial charge in [-0.15, -0.1) is 0 Å².